The highest BCUT2D eigenvalue weighted by Crippen LogP contribution is 2.36. The number of pyridine rings is 1. The van der Waals surface area contributed by atoms with Crippen LogP contribution in [-0.4, -0.2) is 34.0 Å². The maximum absolute atomic E-state index is 13.4. The van der Waals surface area contributed by atoms with E-state index in [1.165, 1.54) is 11.1 Å². The lowest BCUT2D eigenvalue weighted by molar-refractivity contribution is -0.123. The molecule has 0 spiro atoms. The number of carbonyl (C=O) groups is 2. The van der Waals surface area contributed by atoms with Crippen molar-refractivity contribution in [3.8, 4) is 17.4 Å². The molecule has 164 valence electrons. The summed E-state index contributed by atoms with van der Waals surface area (Å²) in [4.78, 5) is 33.5. The van der Waals surface area contributed by atoms with Crippen LogP contribution in [0.1, 0.15) is 26.3 Å². The minimum Gasteiger partial charge on any atom is -0.478 e. The third-order valence-corrected chi connectivity index (χ3v) is 5.36. The second-order valence-electron chi connectivity index (χ2n) is 7.88. The van der Waals surface area contributed by atoms with Crippen molar-refractivity contribution in [1.82, 2.24) is 9.88 Å². The normalized spacial score (nSPS) is 15.2. The van der Waals surface area contributed by atoms with Crippen LogP contribution in [0, 0.1) is 0 Å². The van der Waals surface area contributed by atoms with E-state index in [-0.39, 0.29) is 12.5 Å². The van der Waals surface area contributed by atoms with Gasteiger partial charge < -0.3 is 14.4 Å². The molecule has 1 fully saturated rings. The van der Waals surface area contributed by atoms with Crippen LogP contribution in [0.4, 0.5) is 10.5 Å². The Labute approximate surface area is 187 Å². The molecule has 7 nitrogen and oxygen atoms in total. The molecule has 7 heteroatoms. The first-order valence-electron chi connectivity index (χ1n) is 10.5. The summed E-state index contributed by atoms with van der Waals surface area (Å²) in [7, 11) is 0. The summed E-state index contributed by atoms with van der Waals surface area (Å²) in [5.74, 6) is 1.39. The lowest BCUT2D eigenvalue weighted by Crippen LogP contribution is -2.43. The number of anilines is 1. The highest BCUT2D eigenvalue weighted by molar-refractivity contribution is 6.22. The SMILES string of the molecule is CCOc1cc(N2C(=O)N(Cc3ccccc3Oc3ccccc3)C(C)(C)C2=O)ccn1. The van der Waals surface area contributed by atoms with Crippen molar-refractivity contribution in [2.75, 3.05) is 11.5 Å². The molecule has 1 aliphatic rings. The third kappa shape index (κ3) is 4.01. The topological polar surface area (TPSA) is 72.0 Å². The Bertz CT molecular complexity index is 1130. The Balaban J connectivity index is 1.63. The van der Waals surface area contributed by atoms with Crippen molar-refractivity contribution in [1.29, 1.82) is 0 Å². The number of rotatable bonds is 7. The minimum absolute atomic E-state index is 0.223. The van der Waals surface area contributed by atoms with E-state index in [0.717, 1.165) is 5.56 Å². The first-order valence-corrected chi connectivity index (χ1v) is 10.5. The van der Waals surface area contributed by atoms with Gasteiger partial charge in [0.05, 0.1) is 18.8 Å². The van der Waals surface area contributed by atoms with Crippen molar-refractivity contribution in [3.63, 3.8) is 0 Å². The van der Waals surface area contributed by atoms with Crippen molar-refractivity contribution in [3.05, 3.63) is 78.5 Å². The quantitative estimate of drug-likeness (QED) is 0.491. The molecule has 0 unspecified atom stereocenters. The molecule has 3 aromatic rings. The lowest BCUT2D eigenvalue weighted by Gasteiger charge is -2.28. The number of para-hydroxylation sites is 2. The molecule has 2 aromatic carbocycles. The van der Waals surface area contributed by atoms with Crippen molar-refractivity contribution in [2.45, 2.75) is 32.9 Å². The summed E-state index contributed by atoms with van der Waals surface area (Å²) in [6.07, 6.45) is 1.53. The molecule has 0 atom stereocenters. The van der Waals surface area contributed by atoms with Crippen LogP contribution in [0.2, 0.25) is 0 Å². The number of ether oxygens (including phenoxy) is 2. The summed E-state index contributed by atoms with van der Waals surface area (Å²) in [6.45, 7) is 6.01. The molecule has 3 amide bonds. The van der Waals surface area contributed by atoms with Crippen LogP contribution in [0.25, 0.3) is 0 Å². The first-order chi connectivity index (χ1) is 15.4. The predicted molar refractivity (Wildman–Crippen MR) is 121 cm³/mol. The number of hydrogen-bond acceptors (Lipinski definition) is 5. The molecule has 0 N–H and O–H groups in total. The average molecular weight is 431 g/mol. The number of benzene rings is 2. The number of imide groups is 1. The zero-order valence-corrected chi connectivity index (χ0v) is 18.3. The number of aromatic nitrogens is 1. The van der Waals surface area contributed by atoms with Gasteiger partial charge in [-0.2, -0.15) is 0 Å². The van der Waals surface area contributed by atoms with Gasteiger partial charge in [0, 0.05) is 17.8 Å². The average Bonchev–Trinajstić information content (AvgIpc) is 2.95. The van der Waals surface area contributed by atoms with E-state index in [1.807, 2.05) is 61.5 Å². The van der Waals surface area contributed by atoms with E-state index in [4.69, 9.17) is 9.47 Å². The van der Waals surface area contributed by atoms with Crippen LogP contribution >= 0.6 is 0 Å². The fourth-order valence-electron chi connectivity index (χ4n) is 3.61. The summed E-state index contributed by atoms with van der Waals surface area (Å²) >= 11 is 0. The van der Waals surface area contributed by atoms with Gasteiger partial charge in [0.2, 0.25) is 5.88 Å². The van der Waals surface area contributed by atoms with Crippen LogP contribution < -0.4 is 14.4 Å². The molecule has 0 aliphatic carbocycles. The van der Waals surface area contributed by atoms with Gasteiger partial charge in [0.25, 0.3) is 5.91 Å². The van der Waals surface area contributed by atoms with Crippen molar-refractivity contribution < 1.29 is 19.1 Å². The van der Waals surface area contributed by atoms with E-state index in [0.29, 0.717) is 29.7 Å². The molecule has 1 saturated heterocycles. The molecule has 0 bridgehead atoms. The zero-order valence-electron chi connectivity index (χ0n) is 18.3. The van der Waals surface area contributed by atoms with Gasteiger partial charge in [0.1, 0.15) is 17.0 Å². The maximum atomic E-state index is 13.4. The van der Waals surface area contributed by atoms with Crippen molar-refractivity contribution in [2.24, 2.45) is 0 Å². The Hall–Kier alpha value is -3.87. The van der Waals surface area contributed by atoms with Gasteiger partial charge >= 0.3 is 6.03 Å². The van der Waals surface area contributed by atoms with E-state index in [2.05, 4.69) is 4.98 Å². The number of carbonyl (C=O) groups excluding carboxylic acids is 2. The molecular formula is C25H25N3O4. The largest absolute Gasteiger partial charge is 0.478 e. The molecular weight excluding hydrogens is 406 g/mol. The number of urea groups is 1. The van der Waals surface area contributed by atoms with Crippen LogP contribution in [0.3, 0.4) is 0 Å². The lowest BCUT2D eigenvalue weighted by atomic mass is 10.0. The second-order valence-corrected chi connectivity index (χ2v) is 7.88. The standard InChI is InChI=1S/C25H25N3O4/c1-4-31-22-16-19(14-15-26-22)28-23(29)25(2,3)27(24(28)30)17-18-10-8-9-13-21(18)32-20-11-6-5-7-12-20/h5-16H,4,17H2,1-3H3. The van der Waals surface area contributed by atoms with E-state index in [9.17, 15) is 9.59 Å². The molecule has 0 radical (unpaired) electrons. The Kier molecular flexibility index (Phi) is 5.81. The Morgan fingerprint density at radius 3 is 2.44 bits per heavy atom. The molecule has 1 aliphatic heterocycles. The zero-order chi connectivity index (χ0) is 22.7. The van der Waals surface area contributed by atoms with Crippen molar-refractivity contribution >= 4 is 17.6 Å². The highest BCUT2D eigenvalue weighted by Gasteiger charge is 2.52. The molecule has 0 saturated carbocycles. The Morgan fingerprint density at radius 1 is 0.969 bits per heavy atom. The second kappa shape index (κ2) is 8.70. The van der Waals surface area contributed by atoms with Gasteiger partial charge in [-0.1, -0.05) is 36.4 Å². The summed E-state index contributed by atoms with van der Waals surface area (Å²) in [6, 6.07) is 19.8. The summed E-state index contributed by atoms with van der Waals surface area (Å²) < 4.78 is 11.5. The number of nitrogens with zero attached hydrogens (tertiary/aromatic N) is 3. The van der Waals surface area contributed by atoms with Crippen LogP contribution in [0.15, 0.2) is 72.9 Å². The van der Waals surface area contributed by atoms with Gasteiger partial charge in [-0.05, 0) is 45.0 Å². The van der Waals surface area contributed by atoms with Crippen LogP contribution in [0.5, 0.6) is 17.4 Å². The van der Waals surface area contributed by atoms with Gasteiger partial charge in [0.15, 0.2) is 0 Å². The van der Waals surface area contributed by atoms with Gasteiger partial charge in [-0.25, -0.2) is 14.7 Å². The van der Waals surface area contributed by atoms with Crippen LogP contribution in [-0.2, 0) is 11.3 Å². The summed E-state index contributed by atoms with van der Waals surface area (Å²) in [5.41, 5.74) is 0.200. The minimum atomic E-state index is -1.04. The van der Waals surface area contributed by atoms with Gasteiger partial charge in [-0.3, -0.25) is 4.79 Å². The maximum Gasteiger partial charge on any atom is 0.332 e. The Morgan fingerprint density at radius 2 is 1.69 bits per heavy atom. The number of hydrogen-bond donors (Lipinski definition) is 0. The fraction of sp³-hybridized carbons (Fsp3) is 0.240. The van der Waals surface area contributed by atoms with Gasteiger partial charge in [-0.15, -0.1) is 0 Å². The highest BCUT2D eigenvalue weighted by atomic mass is 16.5. The fourth-order valence-corrected chi connectivity index (χ4v) is 3.61. The number of amides is 3. The predicted octanol–water partition coefficient (Wildman–Crippen LogP) is 5.02. The molecule has 2 heterocycles. The van der Waals surface area contributed by atoms with E-state index >= 15 is 0 Å². The smallest absolute Gasteiger partial charge is 0.332 e. The molecule has 4 rings (SSSR count). The molecule has 1 aromatic heterocycles. The van der Waals surface area contributed by atoms with E-state index < -0.39 is 11.6 Å². The third-order valence-electron chi connectivity index (χ3n) is 5.36. The first kappa shape index (κ1) is 21.4. The molecule has 32 heavy (non-hydrogen) atoms. The monoisotopic (exact) mass is 431 g/mol. The van der Waals surface area contributed by atoms with E-state index in [1.54, 1.807) is 30.9 Å². The summed E-state index contributed by atoms with van der Waals surface area (Å²) in [5, 5.41) is 0.